The van der Waals surface area contributed by atoms with E-state index in [-0.39, 0.29) is 5.54 Å². The van der Waals surface area contributed by atoms with Crippen LogP contribution in [0.2, 0.25) is 0 Å². The molecule has 1 aliphatic heterocycles. The second kappa shape index (κ2) is 6.42. The van der Waals surface area contributed by atoms with Gasteiger partial charge in [-0.3, -0.25) is 14.8 Å². The molecule has 0 saturated carbocycles. The van der Waals surface area contributed by atoms with Crippen molar-refractivity contribution in [1.29, 1.82) is 5.26 Å². The summed E-state index contributed by atoms with van der Waals surface area (Å²) in [6.07, 6.45) is 0. The molecule has 1 saturated heterocycles. The maximum atomic E-state index is 9.21. The molecule has 1 fully saturated rings. The Kier molecular flexibility index (Phi) is 4.81. The van der Waals surface area contributed by atoms with Gasteiger partial charge >= 0.3 is 0 Å². The van der Waals surface area contributed by atoms with E-state index in [2.05, 4.69) is 20.9 Å². The topological polar surface area (TPSA) is 52.4 Å². The molecule has 0 N–H and O–H groups in total. The number of pyridine rings is 1. The quantitative estimate of drug-likeness (QED) is 0.846. The fourth-order valence-corrected chi connectivity index (χ4v) is 2.67. The Bertz CT molecular complexity index is 528. The summed E-state index contributed by atoms with van der Waals surface area (Å²) in [6.45, 7) is 10.5. The van der Waals surface area contributed by atoms with E-state index >= 15 is 0 Å². The number of hydrogen-bond acceptors (Lipinski definition) is 5. The van der Waals surface area contributed by atoms with Crippen LogP contribution < -0.4 is 4.74 Å². The summed E-state index contributed by atoms with van der Waals surface area (Å²) < 4.78 is 5.30. The van der Waals surface area contributed by atoms with Crippen LogP contribution in [0.25, 0.3) is 0 Å². The van der Waals surface area contributed by atoms with Crippen LogP contribution in [0.1, 0.15) is 25.2 Å². The van der Waals surface area contributed by atoms with Crippen molar-refractivity contribution < 1.29 is 4.74 Å². The van der Waals surface area contributed by atoms with Crippen molar-refractivity contribution >= 4 is 0 Å². The Hall–Kier alpha value is -1.64. The molecular formula is C16H24N4O. The van der Waals surface area contributed by atoms with Crippen LogP contribution in [0.15, 0.2) is 12.1 Å². The number of rotatable bonds is 4. The average molecular weight is 288 g/mol. The molecule has 21 heavy (non-hydrogen) atoms. The Morgan fingerprint density at radius 1 is 1.29 bits per heavy atom. The van der Waals surface area contributed by atoms with Gasteiger partial charge < -0.3 is 4.74 Å². The van der Waals surface area contributed by atoms with E-state index in [0.717, 1.165) is 49.9 Å². The monoisotopic (exact) mass is 288 g/mol. The van der Waals surface area contributed by atoms with Crippen LogP contribution in [-0.2, 0) is 6.54 Å². The van der Waals surface area contributed by atoms with Gasteiger partial charge in [-0.2, -0.15) is 5.26 Å². The van der Waals surface area contributed by atoms with Gasteiger partial charge in [-0.25, -0.2) is 0 Å². The lowest BCUT2D eigenvalue weighted by Gasteiger charge is -2.40. The Balaban J connectivity index is 1.95. The normalized spacial score (nSPS) is 17.5. The van der Waals surface area contributed by atoms with Gasteiger partial charge in [-0.1, -0.05) is 0 Å². The lowest BCUT2D eigenvalue weighted by molar-refractivity contribution is 0.0757. The fourth-order valence-electron chi connectivity index (χ4n) is 2.67. The van der Waals surface area contributed by atoms with Crippen LogP contribution in [0, 0.1) is 18.3 Å². The molecule has 114 valence electrons. The first-order valence-electron chi connectivity index (χ1n) is 7.35. The number of nitrogens with zero attached hydrogens (tertiary/aromatic N) is 4. The summed E-state index contributed by atoms with van der Waals surface area (Å²) >= 11 is 0. The summed E-state index contributed by atoms with van der Waals surface area (Å²) in [5.74, 6) is 0.863. The second-order valence-corrected chi connectivity index (χ2v) is 6.07. The Labute approximate surface area is 127 Å². The van der Waals surface area contributed by atoms with Gasteiger partial charge in [0.15, 0.2) is 0 Å². The number of aryl methyl sites for hydroxylation is 1. The molecule has 1 aromatic rings. The smallest absolute Gasteiger partial charge is 0.122 e. The largest absolute Gasteiger partial charge is 0.497 e. The maximum Gasteiger partial charge on any atom is 0.122 e. The molecule has 0 spiro atoms. The summed E-state index contributed by atoms with van der Waals surface area (Å²) in [5.41, 5.74) is 1.64. The molecule has 0 atom stereocenters. The van der Waals surface area contributed by atoms with Gasteiger partial charge in [-0.05, 0) is 20.8 Å². The van der Waals surface area contributed by atoms with Crippen molar-refractivity contribution in [2.75, 3.05) is 33.3 Å². The lowest BCUT2D eigenvalue weighted by atomic mass is 10.0. The zero-order valence-corrected chi connectivity index (χ0v) is 13.4. The van der Waals surface area contributed by atoms with Crippen LogP contribution in [0.5, 0.6) is 5.75 Å². The average Bonchev–Trinajstić information content (AvgIpc) is 2.47. The molecule has 0 unspecified atom stereocenters. The van der Waals surface area contributed by atoms with Crippen LogP contribution in [0.4, 0.5) is 0 Å². The maximum absolute atomic E-state index is 9.21. The number of hydrogen-bond donors (Lipinski definition) is 0. The van der Waals surface area contributed by atoms with Gasteiger partial charge in [0.1, 0.15) is 11.3 Å². The molecule has 1 aliphatic rings. The fraction of sp³-hybridized carbons (Fsp3) is 0.625. The predicted octanol–water partition coefficient (Wildman–Crippen LogP) is 1.82. The minimum atomic E-state index is -0.378. The van der Waals surface area contributed by atoms with Gasteiger partial charge in [-0.15, -0.1) is 0 Å². The van der Waals surface area contributed by atoms with Gasteiger partial charge in [0.05, 0.1) is 18.9 Å². The molecule has 2 rings (SSSR count). The minimum absolute atomic E-state index is 0.378. The van der Waals surface area contributed by atoms with Crippen LogP contribution in [-0.4, -0.2) is 53.6 Å². The number of ether oxygens (including phenoxy) is 1. The summed E-state index contributed by atoms with van der Waals surface area (Å²) in [5, 5.41) is 9.21. The zero-order valence-electron chi connectivity index (χ0n) is 13.4. The molecule has 0 aromatic carbocycles. The number of nitriles is 1. The predicted molar refractivity (Wildman–Crippen MR) is 82.1 cm³/mol. The SMILES string of the molecule is COc1cc(C)nc(CN2CCN(C(C)(C)C#N)CC2)c1. The Morgan fingerprint density at radius 2 is 1.95 bits per heavy atom. The molecule has 0 amide bonds. The molecule has 2 heterocycles. The number of methoxy groups -OCH3 is 1. The Morgan fingerprint density at radius 3 is 2.52 bits per heavy atom. The van der Waals surface area contributed by atoms with Crippen molar-refractivity contribution in [2.24, 2.45) is 0 Å². The number of piperazine rings is 1. The summed E-state index contributed by atoms with van der Waals surface area (Å²) in [4.78, 5) is 9.20. The summed E-state index contributed by atoms with van der Waals surface area (Å²) in [7, 11) is 1.68. The molecule has 0 radical (unpaired) electrons. The first kappa shape index (κ1) is 15.7. The van der Waals surface area contributed by atoms with Gasteiger partial charge in [0.2, 0.25) is 0 Å². The third-order valence-electron chi connectivity index (χ3n) is 4.04. The van der Waals surface area contributed by atoms with E-state index in [1.165, 1.54) is 0 Å². The highest BCUT2D eigenvalue weighted by atomic mass is 16.5. The molecule has 0 bridgehead atoms. The third kappa shape index (κ3) is 3.93. The zero-order chi connectivity index (χ0) is 15.5. The number of aromatic nitrogens is 1. The molecule has 5 nitrogen and oxygen atoms in total. The van der Waals surface area contributed by atoms with E-state index < -0.39 is 0 Å². The first-order valence-corrected chi connectivity index (χ1v) is 7.35. The minimum Gasteiger partial charge on any atom is -0.497 e. The van der Waals surface area contributed by atoms with Crippen molar-refractivity contribution in [2.45, 2.75) is 32.9 Å². The highest BCUT2D eigenvalue weighted by Crippen LogP contribution is 2.18. The van der Waals surface area contributed by atoms with Crippen LogP contribution in [0.3, 0.4) is 0 Å². The molecule has 0 aliphatic carbocycles. The second-order valence-electron chi connectivity index (χ2n) is 6.07. The molecular weight excluding hydrogens is 264 g/mol. The first-order chi connectivity index (χ1) is 9.94. The lowest BCUT2D eigenvalue weighted by Crippen LogP contribution is -2.53. The van der Waals surface area contributed by atoms with Crippen LogP contribution >= 0.6 is 0 Å². The molecule has 1 aromatic heterocycles. The van der Waals surface area contributed by atoms with Crippen molar-refractivity contribution in [3.05, 3.63) is 23.5 Å². The van der Waals surface area contributed by atoms with Gasteiger partial charge in [0, 0.05) is 50.6 Å². The van der Waals surface area contributed by atoms with E-state index in [9.17, 15) is 5.26 Å². The van der Waals surface area contributed by atoms with E-state index in [1.54, 1.807) is 7.11 Å². The van der Waals surface area contributed by atoms with Crippen molar-refractivity contribution in [3.63, 3.8) is 0 Å². The van der Waals surface area contributed by atoms with E-state index in [4.69, 9.17) is 4.74 Å². The van der Waals surface area contributed by atoms with Crippen molar-refractivity contribution in [1.82, 2.24) is 14.8 Å². The van der Waals surface area contributed by atoms with E-state index in [0.29, 0.717) is 0 Å². The summed E-state index contributed by atoms with van der Waals surface area (Å²) in [6, 6.07) is 6.32. The van der Waals surface area contributed by atoms with E-state index in [1.807, 2.05) is 32.9 Å². The standard InChI is InChI=1S/C16H24N4O/c1-13-9-15(21-4)10-14(18-13)11-19-5-7-20(8-6-19)16(2,3)12-17/h9-10H,5-8,11H2,1-4H3. The van der Waals surface area contributed by atoms with Gasteiger partial charge in [0.25, 0.3) is 0 Å². The third-order valence-corrected chi connectivity index (χ3v) is 4.04. The highest BCUT2D eigenvalue weighted by molar-refractivity contribution is 5.26. The highest BCUT2D eigenvalue weighted by Gasteiger charge is 2.29. The van der Waals surface area contributed by atoms with Crippen molar-refractivity contribution in [3.8, 4) is 11.8 Å². The molecule has 5 heteroatoms.